The highest BCUT2D eigenvalue weighted by atomic mass is 32.1. The smallest absolute Gasteiger partial charge is 0.274 e. The van der Waals surface area contributed by atoms with E-state index in [0.717, 1.165) is 72.1 Å². The van der Waals surface area contributed by atoms with Crippen LogP contribution in [0.4, 0.5) is 23.0 Å². The standard InChI is InChI=1S/C33H39N7O2S/c1-21(2)39-14-16-40(17-15-39)31-13-12-30(36-37-31)34-27-18-24(20-38(4)33(27)42)25-9-7-10-26(22(25)3)35-32(41)29-19-23-8-5-6-11-28(23)43-29/h7,9-10,12-13,18-21H,5-6,8,11,14-17H2,1-4H3,(H,34,36)(H,35,41). The Hall–Kier alpha value is -4.02. The van der Waals surface area contributed by atoms with Gasteiger partial charge in [0, 0.05) is 61.6 Å². The summed E-state index contributed by atoms with van der Waals surface area (Å²) in [6, 6.07) is 14.1. The van der Waals surface area contributed by atoms with Gasteiger partial charge in [0.2, 0.25) is 0 Å². The maximum absolute atomic E-state index is 13.2. The molecule has 1 aromatic carbocycles. The quantitative estimate of drug-likeness (QED) is 0.286. The van der Waals surface area contributed by atoms with Gasteiger partial charge < -0.3 is 20.1 Å². The largest absolute Gasteiger partial charge is 0.353 e. The number of carbonyl (C=O) groups excluding carboxylic acids is 1. The van der Waals surface area contributed by atoms with Crippen molar-refractivity contribution < 1.29 is 4.79 Å². The van der Waals surface area contributed by atoms with Gasteiger partial charge in [0.1, 0.15) is 5.69 Å². The molecule has 0 saturated carbocycles. The Balaban J connectivity index is 1.19. The van der Waals surface area contributed by atoms with Crippen LogP contribution in [0.5, 0.6) is 0 Å². The number of pyridine rings is 1. The first-order chi connectivity index (χ1) is 20.8. The van der Waals surface area contributed by atoms with Crippen molar-refractivity contribution >= 4 is 40.3 Å². The molecule has 1 amide bonds. The van der Waals surface area contributed by atoms with Crippen LogP contribution >= 0.6 is 11.3 Å². The van der Waals surface area contributed by atoms with Gasteiger partial charge in [0.25, 0.3) is 11.5 Å². The second-order valence-electron chi connectivity index (χ2n) is 11.8. The summed E-state index contributed by atoms with van der Waals surface area (Å²) in [6.07, 6.45) is 6.33. The molecular formula is C33H39N7O2S. The minimum absolute atomic E-state index is 0.0775. The van der Waals surface area contributed by atoms with Gasteiger partial charge in [-0.05, 0) is 93.5 Å². The first-order valence-electron chi connectivity index (χ1n) is 15.1. The molecule has 1 aliphatic carbocycles. The van der Waals surface area contributed by atoms with Crippen molar-refractivity contribution in [1.82, 2.24) is 19.7 Å². The minimum atomic E-state index is -0.164. The lowest BCUT2D eigenvalue weighted by Crippen LogP contribution is -2.49. The van der Waals surface area contributed by atoms with Gasteiger partial charge in [-0.1, -0.05) is 12.1 Å². The molecule has 6 rings (SSSR count). The van der Waals surface area contributed by atoms with Gasteiger partial charge in [0.15, 0.2) is 11.6 Å². The van der Waals surface area contributed by atoms with Crippen LogP contribution in [0.1, 0.15) is 52.4 Å². The highest BCUT2D eigenvalue weighted by Crippen LogP contribution is 2.33. The van der Waals surface area contributed by atoms with Crippen LogP contribution in [0.25, 0.3) is 11.1 Å². The van der Waals surface area contributed by atoms with E-state index in [4.69, 9.17) is 0 Å². The van der Waals surface area contributed by atoms with Gasteiger partial charge in [-0.3, -0.25) is 14.5 Å². The fraction of sp³-hybridized carbons (Fsp3) is 0.394. The predicted octanol–water partition coefficient (Wildman–Crippen LogP) is 5.62. The van der Waals surface area contributed by atoms with E-state index in [-0.39, 0.29) is 11.5 Å². The Morgan fingerprint density at radius 1 is 0.977 bits per heavy atom. The van der Waals surface area contributed by atoms with Gasteiger partial charge in [0.05, 0.1) is 4.88 Å². The molecule has 9 nitrogen and oxygen atoms in total. The lowest BCUT2D eigenvalue weighted by atomic mass is 9.99. The SMILES string of the molecule is Cc1c(NC(=O)c2cc3c(s2)CCCC3)cccc1-c1cc(Nc2ccc(N3CCN(C(C)C)CC3)nn2)c(=O)n(C)c1. The Bertz CT molecular complexity index is 1660. The number of nitrogens with zero attached hydrogens (tertiary/aromatic N) is 5. The molecule has 0 atom stereocenters. The molecule has 0 bridgehead atoms. The Morgan fingerprint density at radius 3 is 2.49 bits per heavy atom. The number of thiophene rings is 1. The molecule has 1 fully saturated rings. The number of aryl methyl sites for hydroxylation is 3. The van der Waals surface area contributed by atoms with E-state index in [1.54, 1.807) is 23.0 Å². The number of benzene rings is 1. The van der Waals surface area contributed by atoms with Gasteiger partial charge in [-0.25, -0.2) is 0 Å². The van der Waals surface area contributed by atoms with Crippen molar-refractivity contribution in [2.24, 2.45) is 7.05 Å². The van der Waals surface area contributed by atoms with Crippen molar-refractivity contribution in [2.75, 3.05) is 41.7 Å². The number of amides is 1. The molecule has 2 N–H and O–H groups in total. The topological polar surface area (TPSA) is 95.4 Å². The summed E-state index contributed by atoms with van der Waals surface area (Å²) in [7, 11) is 1.74. The summed E-state index contributed by atoms with van der Waals surface area (Å²) in [5.74, 6) is 1.27. The average molecular weight is 598 g/mol. The summed E-state index contributed by atoms with van der Waals surface area (Å²) < 4.78 is 1.56. The Labute approximate surface area is 256 Å². The summed E-state index contributed by atoms with van der Waals surface area (Å²) in [5.41, 5.74) is 5.05. The third-order valence-electron chi connectivity index (χ3n) is 8.58. The number of hydrogen-bond acceptors (Lipinski definition) is 8. The van der Waals surface area contributed by atoms with Crippen LogP contribution in [0.2, 0.25) is 0 Å². The predicted molar refractivity (Wildman–Crippen MR) is 175 cm³/mol. The van der Waals surface area contributed by atoms with Gasteiger partial charge >= 0.3 is 0 Å². The maximum atomic E-state index is 13.2. The van der Waals surface area contributed by atoms with Gasteiger partial charge in [-0.2, -0.15) is 0 Å². The van der Waals surface area contributed by atoms with E-state index in [2.05, 4.69) is 50.5 Å². The van der Waals surface area contributed by atoms with Crippen LogP contribution in [-0.4, -0.2) is 57.8 Å². The average Bonchev–Trinajstić information content (AvgIpc) is 3.46. The fourth-order valence-corrected chi connectivity index (χ4v) is 7.13. The number of anilines is 4. The van der Waals surface area contributed by atoms with E-state index >= 15 is 0 Å². The van der Waals surface area contributed by atoms with Crippen LogP contribution in [0, 0.1) is 6.92 Å². The molecule has 0 radical (unpaired) electrons. The maximum Gasteiger partial charge on any atom is 0.274 e. The van der Waals surface area contributed by atoms with E-state index in [1.807, 2.05) is 49.5 Å². The molecule has 43 heavy (non-hydrogen) atoms. The molecule has 2 aliphatic rings. The number of carbonyl (C=O) groups is 1. The second-order valence-corrected chi connectivity index (χ2v) is 12.9. The van der Waals surface area contributed by atoms with Crippen molar-refractivity contribution in [3.63, 3.8) is 0 Å². The normalized spacial score (nSPS) is 15.4. The van der Waals surface area contributed by atoms with Crippen molar-refractivity contribution in [1.29, 1.82) is 0 Å². The Morgan fingerprint density at radius 2 is 1.77 bits per heavy atom. The first kappa shape index (κ1) is 29.1. The summed E-state index contributed by atoms with van der Waals surface area (Å²) >= 11 is 1.61. The zero-order chi connectivity index (χ0) is 30.1. The lowest BCUT2D eigenvalue weighted by Gasteiger charge is -2.37. The van der Waals surface area contributed by atoms with Crippen molar-refractivity contribution in [3.8, 4) is 11.1 Å². The molecule has 4 aromatic rings. The van der Waals surface area contributed by atoms with E-state index in [9.17, 15) is 9.59 Å². The molecule has 3 aromatic heterocycles. The van der Waals surface area contributed by atoms with Crippen LogP contribution in [-0.2, 0) is 19.9 Å². The molecule has 0 unspecified atom stereocenters. The monoisotopic (exact) mass is 597 g/mol. The highest BCUT2D eigenvalue weighted by Gasteiger charge is 2.21. The number of piperazine rings is 1. The van der Waals surface area contributed by atoms with E-state index in [0.29, 0.717) is 17.5 Å². The number of fused-ring (bicyclic) bond motifs is 1. The third-order valence-corrected chi connectivity index (χ3v) is 9.81. The number of nitrogens with one attached hydrogen (secondary N) is 2. The van der Waals surface area contributed by atoms with Crippen LogP contribution in [0.3, 0.4) is 0 Å². The number of aromatic nitrogens is 3. The zero-order valence-electron chi connectivity index (χ0n) is 25.3. The zero-order valence-corrected chi connectivity index (χ0v) is 26.1. The van der Waals surface area contributed by atoms with Crippen molar-refractivity contribution in [2.45, 2.75) is 52.5 Å². The first-order valence-corrected chi connectivity index (χ1v) is 15.9. The molecule has 0 spiro atoms. The second kappa shape index (κ2) is 12.3. The molecular weight excluding hydrogens is 558 g/mol. The summed E-state index contributed by atoms with van der Waals surface area (Å²) in [5, 5.41) is 15.1. The molecule has 1 aliphatic heterocycles. The Kier molecular flexibility index (Phi) is 8.32. The number of rotatable bonds is 7. The van der Waals surface area contributed by atoms with E-state index < -0.39 is 0 Å². The number of hydrogen-bond donors (Lipinski definition) is 2. The van der Waals surface area contributed by atoms with E-state index in [1.165, 1.54) is 23.3 Å². The third kappa shape index (κ3) is 6.21. The van der Waals surface area contributed by atoms with Gasteiger partial charge in [-0.15, -0.1) is 21.5 Å². The molecule has 4 heterocycles. The minimum Gasteiger partial charge on any atom is -0.353 e. The molecule has 1 saturated heterocycles. The molecule has 10 heteroatoms. The summed E-state index contributed by atoms with van der Waals surface area (Å²) in [6.45, 7) is 10.3. The van der Waals surface area contributed by atoms with Crippen molar-refractivity contribution in [3.05, 3.63) is 79.9 Å². The van der Waals surface area contributed by atoms with Crippen LogP contribution < -0.4 is 21.1 Å². The lowest BCUT2D eigenvalue weighted by molar-refractivity contribution is 0.103. The van der Waals surface area contributed by atoms with Crippen LogP contribution in [0.15, 0.2) is 53.5 Å². The fourth-order valence-electron chi connectivity index (χ4n) is 5.98. The summed E-state index contributed by atoms with van der Waals surface area (Å²) in [4.78, 5) is 33.1. The highest BCUT2D eigenvalue weighted by molar-refractivity contribution is 7.14. The molecule has 224 valence electrons.